The third kappa shape index (κ3) is 5.67. The summed E-state index contributed by atoms with van der Waals surface area (Å²) in [6.45, 7) is 1.45. The number of benzene rings is 3. The lowest BCUT2D eigenvalue weighted by Crippen LogP contribution is -2.24. The first-order valence-corrected chi connectivity index (χ1v) is 11.9. The molecule has 1 unspecified atom stereocenters. The van der Waals surface area contributed by atoms with Crippen LogP contribution in [0.4, 0.5) is 5.69 Å². The fourth-order valence-electron chi connectivity index (χ4n) is 3.05. The summed E-state index contributed by atoms with van der Waals surface area (Å²) in [5, 5.41) is 0.176. The second-order valence-corrected chi connectivity index (χ2v) is 9.19. The van der Waals surface area contributed by atoms with Gasteiger partial charge in [-0.15, -0.1) is 0 Å². The van der Waals surface area contributed by atoms with E-state index in [1.54, 1.807) is 30.3 Å². The highest BCUT2D eigenvalue weighted by atomic mass is 35.5. The second kappa shape index (κ2) is 10.6. The van der Waals surface area contributed by atoms with Gasteiger partial charge < -0.3 is 14.2 Å². The standard InChI is InChI=1S/C24H22ClNO7S/c1-15(23(27)16-8-5-4-6-9-16)33-24(28)17-10-7-11-18(12-17)34(29,30)26-20-13-19(25)21(31-2)14-22(20)32-3/h4-15,26H,1-3H3. The smallest absolute Gasteiger partial charge is 0.338 e. The Bertz CT molecular complexity index is 1310. The molecule has 3 rings (SSSR count). The van der Waals surface area contributed by atoms with E-state index in [4.69, 9.17) is 25.8 Å². The minimum Gasteiger partial charge on any atom is -0.495 e. The van der Waals surface area contributed by atoms with Gasteiger partial charge in [-0.2, -0.15) is 0 Å². The van der Waals surface area contributed by atoms with E-state index in [1.807, 2.05) is 0 Å². The number of ketones is 1. The van der Waals surface area contributed by atoms with E-state index in [2.05, 4.69) is 4.72 Å². The van der Waals surface area contributed by atoms with Gasteiger partial charge in [-0.05, 0) is 31.2 Å². The fraction of sp³-hybridized carbons (Fsp3) is 0.167. The van der Waals surface area contributed by atoms with Crippen LogP contribution in [-0.4, -0.2) is 40.5 Å². The third-order valence-corrected chi connectivity index (χ3v) is 6.47. The summed E-state index contributed by atoms with van der Waals surface area (Å²) in [6, 6.07) is 16.5. The van der Waals surface area contributed by atoms with Crippen LogP contribution in [0.2, 0.25) is 5.02 Å². The average molecular weight is 504 g/mol. The van der Waals surface area contributed by atoms with Crippen molar-refractivity contribution in [3.63, 3.8) is 0 Å². The van der Waals surface area contributed by atoms with E-state index in [0.29, 0.717) is 11.3 Å². The number of rotatable bonds is 9. The summed E-state index contributed by atoms with van der Waals surface area (Å²) in [5.41, 5.74) is 0.453. The summed E-state index contributed by atoms with van der Waals surface area (Å²) in [4.78, 5) is 24.9. The molecule has 8 nitrogen and oxygen atoms in total. The minimum absolute atomic E-state index is 0.0321. The molecule has 0 aliphatic carbocycles. The van der Waals surface area contributed by atoms with Crippen LogP contribution < -0.4 is 14.2 Å². The molecule has 0 bridgehead atoms. The molecule has 0 amide bonds. The molecular weight excluding hydrogens is 482 g/mol. The zero-order valence-electron chi connectivity index (χ0n) is 18.6. The number of Topliss-reactive ketones (excluding diaryl/α,β-unsaturated/α-hetero) is 1. The van der Waals surface area contributed by atoms with Gasteiger partial charge in [0.1, 0.15) is 11.5 Å². The number of hydrogen-bond acceptors (Lipinski definition) is 7. The maximum Gasteiger partial charge on any atom is 0.338 e. The lowest BCUT2D eigenvalue weighted by atomic mass is 10.1. The molecule has 0 saturated heterocycles. The van der Waals surface area contributed by atoms with Crippen molar-refractivity contribution in [3.05, 3.63) is 82.9 Å². The maximum atomic E-state index is 13.0. The van der Waals surface area contributed by atoms with Crippen molar-refractivity contribution in [1.82, 2.24) is 0 Å². The van der Waals surface area contributed by atoms with Gasteiger partial charge in [-0.1, -0.05) is 48.0 Å². The summed E-state index contributed by atoms with van der Waals surface area (Å²) < 4.78 is 43.9. The highest BCUT2D eigenvalue weighted by Gasteiger charge is 2.23. The third-order valence-electron chi connectivity index (χ3n) is 4.81. The molecule has 0 radical (unpaired) electrons. The Labute approximate surface area is 202 Å². The molecule has 0 saturated carbocycles. The van der Waals surface area contributed by atoms with Crippen LogP contribution in [0, 0.1) is 0 Å². The molecule has 0 aliphatic rings. The molecule has 178 valence electrons. The van der Waals surface area contributed by atoms with Gasteiger partial charge in [-0.25, -0.2) is 13.2 Å². The van der Waals surface area contributed by atoms with Crippen molar-refractivity contribution in [3.8, 4) is 11.5 Å². The van der Waals surface area contributed by atoms with Crippen molar-refractivity contribution >= 4 is 39.1 Å². The fourth-order valence-corrected chi connectivity index (χ4v) is 4.40. The summed E-state index contributed by atoms with van der Waals surface area (Å²) in [5.74, 6) is -0.708. The van der Waals surface area contributed by atoms with Gasteiger partial charge in [0.2, 0.25) is 5.78 Å². The lowest BCUT2D eigenvalue weighted by molar-refractivity contribution is 0.0318. The number of anilines is 1. The average Bonchev–Trinajstić information content (AvgIpc) is 2.84. The van der Waals surface area contributed by atoms with Gasteiger partial charge in [0, 0.05) is 11.6 Å². The number of halogens is 1. The molecule has 0 aliphatic heterocycles. The number of methoxy groups -OCH3 is 2. The van der Waals surface area contributed by atoms with Gasteiger partial charge in [0.15, 0.2) is 6.10 Å². The Hall–Kier alpha value is -3.56. The minimum atomic E-state index is -4.13. The number of carbonyl (C=O) groups excluding carboxylic acids is 2. The van der Waals surface area contributed by atoms with Crippen molar-refractivity contribution in [2.75, 3.05) is 18.9 Å². The summed E-state index contributed by atoms with van der Waals surface area (Å²) >= 11 is 6.11. The first kappa shape index (κ1) is 25.1. The first-order chi connectivity index (χ1) is 16.2. The zero-order chi connectivity index (χ0) is 24.9. The Balaban J connectivity index is 1.81. The Kier molecular flexibility index (Phi) is 7.80. The van der Waals surface area contributed by atoms with E-state index in [0.717, 1.165) is 6.07 Å². The number of nitrogens with one attached hydrogen (secondary N) is 1. The van der Waals surface area contributed by atoms with E-state index >= 15 is 0 Å². The normalized spacial score (nSPS) is 11.9. The Morgan fingerprint density at radius 1 is 0.882 bits per heavy atom. The zero-order valence-corrected chi connectivity index (χ0v) is 20.1. The Morgan fingerprint density at radius 3 is 2.18 bits per heavy atom. The van der Waals surface area contributed by atoms with E-state index < -0.39 is 22.1 Å². The topological polar surface area (TPSA) is 108 Å². The van der Waals surface area contributed by atoms with Crippen LogP contribution >= 0.6 is 11.6 Å². The maximum absolute atomic E-state index is 13.0. The number of ether oxygens (including phenoxy) is 3. The molecule has 1 atom stereocenters. The molecule has 34 heavy (non-hydrogen) atoms. The van der Waals surface area contributed by atoms with Gasteiger partial charge in [-0.3, -0.25) is 9.52 Å². The highest BCUT2D eigenvalue weighted by molar-refractivity contribution is 7.92. The number of esters is 1. The summed E-state index contributed by atoms with van der Waals surface area (Å²) in [6.07, 6.45) is -1.06. The predicted octanol–water partition coefficient (Wildman–Crippen LogP) is 4.59. The van der Waals surface area contributed by atoms with Gasteiger partial charge >= 0.3 is 5.97 Å². The molecule has 3 aromatic carbocycles. The molecule has 0 heterocycles. The second-order valence-electron chi connectivity index (χ2n) is 7.10. The molecule has 1 N–H and O–H groups in total. The monoisotopic (exact) mass is 503 g/mol. The van der Waals surface area contributed by atoms with Crippen LogP contribution in [0.15, 0.2) is 71.6 Å². The number of sulfonamides is 1. The van der Waals surface area contributed by atoms with Crippen molar-refractivity contribution in [2.24, 2.45) is 0 Å². The largest absolute Gasteiger partial charge is 0.495 e. The van der Waals surface area contributed by atoms with E-state index in [-0.39, 0.29) is 32.7 Å². The molecule has 0 aromatic heterocycles. The molecule has 0 spiro atoms. The highest BCUT2D eigenvalue weighted by Crippen LogP contribution is 2.37. The molecular formula is C24H22ClNO7S. The van der Waals surface area contributed by atoms with Crippen LogP contribution in [0.25, 0.3) is 0 Å². The van der Waals surface area contributed by atoms with Crippen molar-refractivity contribution < 1.29 is 32.2 Å². The molecule has 10 heteroatoms. The quantitative estimate of drug-likeness (QED) is 0.336. The number of carbonyl (C=O) groups is 2. The van der Waals surface area contributed by atoms with Crippen LogP contribution in [0.5, 0.6) is 11.5 Å². The molecule has 0 fully saturated rings. The first-order valence-electron chi connectivity index (χ1n) is 10.0. The van der Waals surface area contributed by atoms with Crippen molar-refractivity contribution in [2.45, 2.75) is 17.9 Å². The van der Waals surface area contributed by atoms with E-state index in [9.17, 15) is 18.0 Å². The Morgan fingerprint density at radius 2 is 1.53 bits per heavy atom. The van der Waals surface area contributed by atoms with Crippen LogP contribution in [0.3, 0.4) is 0 Å². The van der Waals surface area contributed by atoms with Gasteiger partial charge in [0.25, 0.3) is 10.0 Å². The number of hydrogen-bond donors (Lipinski definition) is 1. The van der Waals surface area contributed by atoms with E-state index in [1.165, 1.54) is 51.5 Å². The SMILES string of the molecule is COc1cc(OC)c(NS(=O)(=O)c2cccc(C(=O)OC(C)C(=O)c3ccccc3)c2)cc1Cl. The lowest BCUT2D eigenvalue weighted by Gasteiger charge is -2.15. The van der Waals surface area contributed by atoms with Gasteiger partial charge in [0.05, 0.1) is 35.4 Å². The molecule has 3 aromatic rings. The summed E-state index contributed by atoms with van der Waals surface area (Å²) in [7, 11) is -1.34. The predicted molar refractivity (Wildman–Crippen MR) is 127 cm³/mol. The van der Waals surface area contributed by atoms with Crippen LogP contribution in [0.1, 0.15) is 27.6 Å². The van der Waals surface area contributed by atoms with Crippen LogP contribution in [-0.2, 0) is 14.8 Å². The van der Waals surface area contributed by atoms with Crippen molar-refractivity contribution in [1.29, 1.82) is 0 Å².